The lowest BCUT2D eigenvalue weighted by atomic mass is 9.75. The molecule has 0 aliphatic heterocycles. The Morgan fingerprint density at radius 1 is 1.22 bits per heavy atom. The van der Waals surface area contributed by atoms with Gasteiger partial charge in [0.05, 0.1) is 12.0 Å². The van der Waals surface area contributed by atoms with Gasteiger partial charge in [0, 0.05) is 13.7 Å². The minimum atomic E-state index is -4.17. The first-order valence-electron chi connectivity index (χ1n) is 6.70. The van der Waals surface area contributed by atoms with Crippen molar-refractivity contribution >= 4 is 0 Å². The average molecular weight is 268 g/mol. The number of aliphatic hydroxyl groups is 1. The molecule has 0 spiro atoms. The van der Waals surface area contributed by atoms with Gasteiger partial charge in [-0.05, 0) is 38.0 Å². The number of alkyl halides is 3. The van der Waals surface area contributed by atoms with Gasteiger partial charge in [-0.15, -0.1) is 0 Å². The molecule has 0 heterocycles. The van der Waals surface area contributed by atoms with Crippen molar-refractivity contribution in [1.29, 1.82) is 0 Å². The average Bonchev–Trinajstić information content (AvgIpc) is 2.33. The third kappa shape index (κ3) is 4.76. The second kappa shape index (κ2) is 7.34. The van der Waals surface area contributed by atoms with Gasteiger partial charge in [0.1, 0.15) is 0 Å². The fourth-order valence-corrected chi connectivity index (χ4v) is 2.84. The number of rotatable bonds is 6. The predicted molar refractivity (Wildman–Crippen MR) is 63.2 cm³/mol. The molecule has 1 aliphatic rings. The molecule has 0 bridgehead atoms. The number of halogens is 3. The summed E-state index contributed by atoms with van der Waals surface area (Å²) in [6, 6.07) is 0. The molecule has 1 N–H and O–H groups in total. The van der Waals surface area contributed by atoms with E-state index in [0.29, 0.717) is 25.9 Å². The summed E-state index contributed by atoms with van der Waals surface area (Å²) in [6.45, 7) is 0.597. The third-order valence-electron chi connectivity index (χ3n) is 3.83. The zero-order chi connectivity index (χ0) is 13.6. The highest BCUT2D eigenvalue weighted by Crippen LogP contribution is 2.43. The van der Waals surface area contributed by atoms with Crippen LogP contribution in [0, 0.1) is 11.8 Å². The van der Waals surface area contributed by atoms with Crippen LogP contribution >= 0.6 is 0 Å². The lowest BCUT2D eigenvalue weighted by Gasteiger charge is -2.36. The molecule has 0 amide bonds. The molecule has 1 rings (SSSR count). The quantitative estimate of drug-likeness (QED) is 0.747. The van der Waals surface area contributed by atoms with Crippen LogP contribution in [-0.2, 0) is 4.74 Å². The summed E-state index contributed by atoms with van der Waals surface area (Å²) >= 11 is 0. The highest BCUT2D eigenvalue weighted by molar-refractivity contribution is 4.84. The Bertz CT molecular complexity index is 231. The molecule has 1 fully saturated rings. The molecule has 108 valence electrons. The number of hydrogen-bond donors (Lipinski definition) is 1. The van der Waals surface area contributed by atoms with Crippen LogP contribution in [0.25, 0.3) is 0 Å². The molecule has 0 saturated heterocycles. The Balaban J connectivity index is 2.44. The molecule has 18 heavy (non-hydrogen) atoms. The van der Waals surface area contributed by atoms with Crippen molar-refractivity contribution in [3.63, 3.8) is 0 Å². The monoisotopic (exact) mass is 268 g/mol. The Morgan fingerprint density at radius 2 is 1.89 bits per heavy atom. The molecule has 1 saturated carbocycles. The number of ether oxygens (including phenoxy) is 1. The van der Waals surface area contributed by atoms with E-state index in [4.69, 9.17) is 4.74 Å². The van der Waals surface area contributed by atoms with E-state index in [-0.39, 0.29) is 6.42 Å². The van der Waals surface area contributed by atoms with E-state index < -0.39 is 24.1 Å². The Kier molecular flexibility index (Phi) is 6.43. The Labute approximate surface area is 107 Å². The normalized spacial score (nSPS) is 27.2. The smallest absolute Gasteiger partial charge is 0.392 e. The standard InChI is InChI=1S/C13H23F3O2/c1-18-9-5-4-8-12(17)10-6-2-3-7-11(10)13(14,15)16/h10-12,17H,2-9H2,1H3. The van der Waals surface area contributed by atoms with Crippen molar-refractivity contribution in [1.82, 2.24) is 0 Å². The first-order valence-corrected chi connectivity index (χ1v) is 6.70. The van der Waals surface area contributed by atoms with E-state index in [1.165, 1.54) is 0 Å². The molecule has 0 aromatic heterocycles. The van der Waals surface area contributed by atoms with Gasteiger partial charge in [0.25, 0.3) is 0 Å². The molecule has 2 nitrogen and oxygen atoms in total. The van der Waals surface area contributed by atoms with Gasteiger partial charge < -0.3 is 9.84 Å². The molecule has 1 aliphatic carbocycles. The number of aliphatic hydroxyl groups excluding tert-OH is 1. The number of methoxy groups -OCH3 is 1. The van der Waals surface area contributed by atoms with E-state index in [2.05, 4.69) is 0 Å². The summed E-state index contributed by atoms with van der Waals surface area (Å²) in [5, 5.41) is 9.97. The Hall–Kier alpha value is -0.290. The largest absolute Gasteiger partial charge is 0.393 e. The fraction of sp³-hybridized carbons (Fsp3) is 1.00. The van der Waals surface area contributed by atoms with E-state index in [1.807, 2.05) is 0 Å². The maximum Gasteiger partial charge on any atom is 0.392 e. The van der Waals surface area contributed by atoms with Gasteiger partial charge in [0.15, 0.2) is 0 Å². The van der Waals surface area contributed by atoms with Crippen LogP contribution in [0.2, 0.25) is 0 Å². The predicted octanol–water partition coefficient (Wildman–Crippen LogP) is 3.53. The first kappa shape index (κ1) is 15.8. The fourth-order valence-electron chi connectivity index (χ4n) is 2.84. The lowest BCUT2D eigenvalue weighted by Crippen LogP contribution is -2.39. The van der Waals surface area contributed by atoms with Gasteiger partial charge in [0.2, 0.25) is 0 Å². The van der Waals surface area contributed by atoms with E-state index in [9.17, 15) is 18.3 Å². The zero-order valence-corrected chi connectivity index (χ0v) is 10.9. The van der Waals surface area contributed by atoms with Crippen molar-refractivity contribution in [2.75, 3.05) is 13.7 Å². The summed E-state index contributed by atoms with van der Waals surface area (Å²) in [5.74, 6) is -1.93. The van der Waals surface area contributed by atoms with Crippen molar-refractivity contribution in [3.05, 3.63) is 0 Å². The van der Waals surface area contributed by atoms with Gasteiger partial charge in [-0.1, -0.05) is 12.8 Å². The molecular weight excluding hydrogens is 245 g/mol. The molecule has 3 unspecified atom stereocenters. The summed E-state index contributed by atoms with van der Waals surface area (Å²) in [5.41, 5.74) is 0. The molecule has 0 aromatic rings. The van der Waals surface area contributed by atoms with E-state index >= 15 is 0 Å². The van der Waals surface area contributed by atoms with Crippen LogP contribution in [0.4, 0.5) is 13.2 Å². The number of hydrogen-bond acceptors (Lipinski definition) is 2. The summed E-state index contributed by atoms with van der Waals surface area (Å²) in [7, 11) is 1.59. The Morgan fingerprint density at radius 3 is 2.50 bits per heavy atom. The van der Waals surface area contributed by atoms with E-state index in [1.54, 1.807) is 7.11 Å². The maximum atomic E-state index is 12.9. The highest BCUT2D eigenvalue weighted by atomic mass is 19.4. The molecule has 0 aromatic carbocycles. The van der Waals surface area contributed by atoms with Gasteiger partial charge in [-0.25, -0.2) is 0 Å². The topological polar surface area (TPSA) is 29.5 Å². The summed E-state index contributed by atoms with van der Waals surface area (Å²) in [6.07, 6.45) is -0.956. The summed E-state index contributed by atoms with van der Waals surface area (Å²) < 4.78 is 43.5. The molecule has 0 radical (unpaired) electrons. The first-order chi connectivity index (χ1) is 8.46. The van der Waals surface area contributed by atoms with Crippen LogP contribution in [0.15, 0.2) is 0 Å². The van der Waals surface area contributed by atoms with Crippen LogP contribution in [0.5, 0.6) is 0 Å². The van der Waals surface area contributed by atoms with Crippen LogP contribution in [0.1, 0.15) is 44.9 Å². The lowest BCUT2D eigenvalue weighted by molar-refractivity contribution is -0.207. The zero-order valence-electron chi connectivity index (χ0n) is 10.9. The molecule has 3 atom stereocenters. The highest BCUT2D eigenvalue weighted by Gasteiger charge is 2.47. The van der Waals surface area contributed by atoms with Crippen molar-refractivity contribution in [3.8, 4) is 0 Å². The van der Waals surface area contributed by atoms with Crippen LogP contribution < -0.4 is 0 Å². The SMILES string of the molecule is COCCCCC(O)C1CCCCC1C(F)(F)F. The van der Waals surface area contributed by atoms with Gasteiger partial charge in [-0.2, -0.15) is 13.2 Å². The maximum absolute atomic E-state index is 12.9. The van der Waals surface area contributed by atoms with Gasteiger partial charge in [-0.3, -0.25) is 0 Å². The van der Waals surface area contributed by atoms with Crippen molar-refractivity contribution in [2.45, 2.75) is 57.2 Å². The van der Waals surface area contributed by atoms with Crippen molar-refractivity contribution in [2.24, 2.45) is 11.8 Å². The van der Waals surface area contributed by atoms with E-state index in [0.717, 1.165) is 19.3 Å². The van der Waals surface area contributed by atoms with Crippen LogP contribution in [-0.4, -0.2) is 31.1 Å². The third-order valence-corrected chi connectivity index (χ3v) is 3.83. The second-order valence-corrected chi connectivity index (χ2v) is 5.15. The minimum absolute atomic E-state index is 0.170. The second-order valence-electron chi connectivity index (χ2n) is 5.15. The molecular formula is C13H23F3O2. The number of unbranched alkanes of at least 4 members (excludes halogenated alkanes) is 1. The summed E-state index contributed by atoms with van der Waals surface area (Å²) in [4.78, 5) is 0. The minimum Gasteiger partial charge on any atom is -0.393 e. The van der Waals surface area contributed by atoms with Crippen molar-refractivity contribution < 1.29 is 23.0 Å². The van der Waals surface area contributed by atoms with Gasteiger partial charge >= 0.3 is 6.18 Å². The molecule has 5 heteroatoms. The van der Waals surface area contributed by atoms with Crippen LogP contribution in [0.3, 0.4) is 0 Å².